The third-order valence-corrected chi connectivity index (χ3v) is 2.52. The molecule has 0 aromatic rings. The summed E-state index contributed by atoms with van der Waals surface area (Å²) < 4.78 is 0. The summed E-state index contributed by atoms with van der Waals surface area (Å²) in [5, 5.41) is 8.67. The first kappa shape index (κ1) is 8.31. The number of aliphatic carboxylic acids is 1. The summed E-state index contributed by atoms with van der Waals surface area (Å²) in [4.78, 5) is 10.5. The Labute approximate surface area is 66.9 Å². The van der Waals surface area contributed by atoms with Gasteiger partial charge >= 0.3 is 5.97 Å². The first-order valence-electron chi connectivity index (χ1n) is 4.03. The van der Waals surface area contributed by atoms with Crippen molar-refractivity contribution in [3.05, 3.63) is 11.6 Å². The summed E-state index contributed by atoms with van der Waals surface area (Å²) in [7, 11) is 0. The zero-order chi connectivity index (χ0) is 8.43. The smallest absolute Gasteiger partial charge is 0.331 e. The van der Waals surface area contributed by atoms with Crippen LogP contribution in [0.4, 0.5) is 0 Å². The van der Waals surface area contributed by atoms with Crippen molar-refractivity contribution < 1.29 is 9.90 Å². The lowest BCUT2D eigenvalue weighted by Gasteiger charge is -2.23. The van der Waals surface area contributed by atoms with E-state index in [4.69, 9.17) is 5.11 Å². The first-order chi connectivity index (χ1) is 5.11. The van der Waals surface area contributed by atoms with Gasteiger partial charge in [-0.1, -0.05) is 19.9 Å². The lowest BCUT2D eigenvalue weighted by molar-refractivity contribution is -0.133. The first-order valence-corrected chi connectivity index (χ1v) is 4.03. The number of allylic oxidation sites excluding steroid dienone is 1. The van der Waals surface area contributed by atoms with Crippen molar-refractivity contribution in [1.29, 1.82) is 0 Å². The van der Waals surface area contributed by atoms with E-state index in [0.29, 0.717) is 17.4 Å². The fraction of sp³-hybridized carbons (Fsp3) is 0.667. The molecule has 2 heteroatoms. The minimum atomic E-state index is -0.747. The fourth-order valence-corrected chi connectivity index (χ4v) is 1.37. The van der Waals surface area contributed by atoms with Gasteiger partial charge < -0.3 is 5.11 Å². The molecule has 0 amide bonds. The summed E-state index contributed by atoms with van der Waals surface area (Å²) in [6, 6.07) is 0. The quantitative estimate of drug-likeness (QED) is 0.627. The minimum Gasteiger partial charge on any atom is -0.478 e. The highest BCUT2D eigenvalue weighted by Crippen LogP contribution is 2.28. The number of carbonyl (C=O) groups is 1. The summed E-state index contributed by atoms with van der Waals surface area (Å²) in [5.74, 6) is 0.410. The van der Waals surface area contributed by atoms with E-state index in [1.54, 1.807) is 0 Å². The molecule has 62 valence electrons. The van der Waals surface area contributed by atoms with Crippen LogP contribution < -0.4 is 0 Å². The molecule has 0 aliphatic heterocycles. The molecule has 0 spiro atoms. The van der Waals surface area contributed by atoms with Gasteiger partial charge in [-0.25, -0.2) is 4.79 Å². The summed E-state index contributed by atoms with van der Waals surface area (Å²) >= 11 is 0. The molecule has 0 bridgehead atoms. The van der Waals surface area contributed by atoms with Crippen molar-refractivity contribution in [2.75, 3.05) is 0 Å². The molecule has 11 heavy (non-hydrogen) atoms. The van der Waals surface area contributed by atoms with Crippen molar-refractivity contribution in [2.45, 2.75) is 26.7 Å². The van der Waals surface area contributed by atoms with Crippen LogP contribution in [0.1, 0.15) is 26.7 Å². The van der Waals surface area contributed by atoms with Gasteiger partial charge in [-0.2, -0.15) is 0 Å². The molecule has 2 unspecified atom stereocenters. The largest absolute Gasteiger partial charge is 0.478 e. The average Bonchev–Trinajstić information content (AvgIpc) is 1.94. The van der Waals surface area contributed by atoms with E-state index in [9.17, 15) is 4.79 Å². The molecular formula is C9H14O2. The second-order valence-corrected chi connectivity index (χ2v) is 3.43. The highest BCUT2D eigenvalue weighted by atomic mass is 16.4. The lowest BCUT2D eigenvalue weighted by Crippen LogP contribution is -2.16. The van der Waals surface area contributed by atoms with Crippen LogP contribution >= 0.6 is 0 Å². The second-order valence-electron chi connectivity index (χ2n) is 3.43. The zero-order valence-corrected chi connectivity index (χ0v) is 7.00. The van der Waals surface area contributed by atoms with Gasteiger partial charge in [0.15, 0.2) is 0 Å². The van der Waals surface area contributed by atoms with Crippen molar-refractivity contribution in [2.24, 2.45) is 11.8 Å². The van der Waals surface area contributed by atoms with Gasteiger partial charge in [-0.05, 0) is 24.7 Å². The molecule has 2 nitrogen and oxygen atoms in total. The van der Waals surface area contributed by atoms with Gasteiger partial charge in [0.25, 0.3) is 0 Å². The monoisotopic (exact) mass is 154 g/mol. The third-order valence-electron chi connectivity index (χ3n) is 2.52. The lowest BCUT2D eigenvalue weighted by atomic mass is 9.82. The topological polar surface area (TPSA) is 37.3 Å². The molecule has 0 aromatic heterocycles. The maximum atomic E-state index is 10.5. The summed E-state index contributed by atoms with van der Waals surface area (Å²) in [6.45, 7) is 4.28. The Morgan fingerprint density at radius 1 is 1.55 bits per heavy atom. The Morgan fingerprint density at radius 3 is 2.64 bits per heavy atom. The molecule has 0 saturated carbocycles. The SMILES string of the molecule is CC1CC=C(C(=O)O)CC1C. The van der Waals surface area contributed by atoms with E-state index < -0.39 is 5.97 Å². The van der Waals surface area contributed by atoms with E-state index in [0.717, 1.165) is 12.8 Å². The Kier molecular flexibility index (Phi) is 2.32. The van der Waals surface area contributed by atoms with E-state index in [-0.39, 0.29) is 0 Å². The van der Waals surface area contributed by atoms with E-state index >= 15 is 0 Å². The van der Waals surface area contributed by atoms with Crippen LogP contribution in [0.3, 0.4) is 0 Å². The Hall–Kier alpha value is -0.790. The van der Waals surface area contributed by atoms with Gasteiger partial charge in [-0.15, -0.1) is 0 Å². The average molecular weight is 154 g/mol. The molecule has 1 rings (SSSR count). The van der Waals surface area contributed by atoms with Gasteiger partial charge in [0.05, 0.1) is 0 Å². The van der Waals surface area contributed by atoms with Gasteiger partial charge in [0.1, 0.15) is 0 Å². The predicted molar refractivity (Wildman–Crippen MR) is 43.3 cm³/mol. The molecule has 1 aliphatic rings. The van der Waals surface area contributed by atoms with Crippen LogP contribution in [-0.2, 0) is 4.79 Å². The molecule has 0 heterocycles. The number of hydrogen-bond acceptors (Lipinski definition) is 1. The predicted octanol–water partition coefficient (Wildman–Crippen LogP) is 2.06. The maximum Gasteiger partial charge on any atom is 0.331 e. The van der Waals surface area contributed by atoms with Crippen LogP contribution in [0.2, 0.25) is 0 Å². The van der Waals surface area contributed by atoms with Crippen molar-refractivity contribution in [1.82, 2.24) is 0 Å². The van der Waals surface area contributed by atoms with Gasteiger partial charge in [0.2, 0.25) is 0 Å². The number of carboxylic acid groups (broad SMARTS) is 1. The highest BCUT2D eigenvalue weighted by Gasteiger charge is 2.21. The molecular weight excluding hydrogens is 140 g/mol. The molecule has 0 fully saturated rings. The number of carboxylic acids is 1. The van der Waals surface area contributed by atoms with Crippen LogP contribution in [0.15, 0.2) is 11.6 Å². The molecule has 0 radical (unpaired) electrons. The Balaban J connectivity index is 2.66. The van der Waals surface area contributed by atoms with Crippen molar-refractivity contribution >= 4 is 5.97 Å². The second kappa shape index (κ2) is 3.07. The van der Waals surface area contributed by atoms with Crippen molar-refractivity contribution in [3.63, 3.8) is 0 Å². The zero-order valence-electron chi connectivity index (χ0n) is 7.00. The molecule has 1 N–H and O–H groups in total. The van der Waals surface area contributed by atoms with Crippen LogP contribution in [0.25, 0.3) is 0 Å². The Bertz CT molecular complexity index is 194. The van der Waals surface area contributed by atoms with E-state index in [1.165, 1.54) is 0 Å². The molecule has 2 atom stereocenters. The number of rotatable bonds is 1. The fourth-order valence-electron chi connectivity index (χ4n) is 1.37. The van der Waals surface area contributed by atoms with Crippen LogP contribution in [0.5, 0.6) is 0 Å². The third kappa shape index (κ3) is 1.82. The van der Waals surface area contributed by atoms with Crippen molar-refractivity contribution in [3.8, 4) is 0 Å². The summed E-state index contributed by atoms with van der Waals surface area (Å²) in [5.41, 5.74) is 0.593. The van der Waals surface area contributed by atoms with Crippen LogP contribution in [-0.4, -0.2) is 11.1 Å². The Morgan fingerprint density at radius 2 is 2.18 bits per heavy atom. The molecule has 0 saturated heterocycles. The number of hydrogen-bond donors (Lipinski definition) is 1. The maximum absolute atomic E-state index is 10.5. The van der Waals surface area contributed by atoms with Gasteiger partial charge in [0, 0.05) is 5.57 Å². The highest BCUT2D eigenvalue weighted by molar-refractivity contribution is 5.86. The standard InChI is InChI=1S/C9H14O2/c1-6-3-4-8(9(10)11)5-7(6)2/h4,6-7H,3,5H2,1-2H3,(H,10,11). The van der Waals surface area contributed by atoms with E-state index in [1.807, 2.05) is 6.08 Å². The van der Waals surface area contributed by atoms with Crippen LogP contribution in [0, 0.1) is 11.8 Å². The molecule has 1 aliphatic carbocycles. The molecule has 0 aromatic carbocycles. The van der Waals surface area contributed by atoms with Gasteiger partial charge in [-0.3, -0.25) is 0 Å². The summed E-state index contributed by atoms with van der Waals surface area (Å²) in [6.07, 6.45) is 3.51. The normalized spacial score (nSPS) is 31.3. The minimum absolute atomic E-state index is 0.520. The van der Waals surface area contributed by atoms with E-state index in [2.05, 4.69) is 13.8 Å².